The second-order valence-electron chi connectivity index (χ2n) is 7.51. The van der Waals surface area contributed by atoms with Gasteiger partial charge in [-0.25, -0.2) is 4.98 Å². The summed E-state index contributed by atoms with van der Waals surface area (Å²) in [6.45, 7) is 0.673. The molecule has 4 aromatic carbocycles. The summed E-state index contributed by atoms with van der Waals surface area (Å²) >= 11 is 3.30. The fourth-order valence-electron chi connectivity index (χ4n) is 3.66. The van der Waals surface area contributed by atoms with Gasteiger partial charge in [0.1, 0.15) is 16.5 Å². The monoisotopic (exact) mass is 518 g/mol. The molecule has 0 saturated carbocycles. The molecule has 0 spiro atoms. The molecule has 33 heavy (non-hydrogen) atoms. The van der Waals surface area contributed by atoms with Crippen LogP contribution >= 0.6 is 15.9 Å². The minimum atomic E-state index is -3.92. The molecule has 164 valence electrons. The summed E-state index contributed by atoms with van der Waals surface area (Å²) in [5.41, 5.74) is 3.98. The lowest BCUT2D eigenvalue weighted by molar-refractivity contribution is 0.486. The van der Waals surface area contributed by atoms with Crippen molar-refractivity contribution in [2.75, 3.05) is 0 Å². The molecule has 0 aliphatic rings. The molecule has 0 unspecified atom stereocenters. The molecule has 0 amide bonds. The molecule has 1 aromatic heterocycles. The molecule has 0 aliphatic heterocycles. The first kappa shape index (κ1) is 21.4. The molecule has 5 nitrogen and oxygen atoms in total. The Labute approximate surface area is 200 Å². The SMILES string of the molecule is O=S(=O)(Oc1ccc(-c2nc3ccccc3n2Cc2ccccc2)cc1)c1ccc(Br)cc1. The van der Waals surface area contributed by atoms with E-state index >= 15 is 0 Å². The van der Waals surface area contributed by atoms with Gasteiger partial charge in [0.05, 0.1) is 11.0 Å². The minimum absolute atomic E-state index is 0.0967. The van der Waals surface area contributed by atoms with Crippen LogP contribution in [-0.4, -0.2) is 18.0 Å². The maximum Gasteiger partial charge on any atom is 0.339 e. The van der Waals surface area contributed by atoms with E-state index in [-0.39, 0.29) is 10.6 Å². The highest BCUT2D eigenvalue weighted by Gasteiger charge is 2.17. The molecule has 1 heterocycles. The Bertz CT molecular complexity index is 1510. The third-order valence-corrected chi connectivity index (χ3v) is 7.05. The van der Waals surface area contributed by atoms with Crippen LogP contribution in [0.5, 0.6) is 5.75 Å². The first-order chi connectivity index (χ1) is 16.0. The summed E-state index contributed by atoms with van der Waals surface area (Å²) in [4.78, 5) is 4.94. The van der Waals surface area contributed by atoms with Gasteiger partial charge < -0.3 is 8.75 Å². The van der Waals surface area contributed by atoms with Crippen LogP contribution in [0.3, 0.4) is 0 Å². The zero-order chi connectivity index (χ0) is 22.8. The second-order valence-corrected chi connectivity index (χ2v) is 9.97. The lowest BCUT2D eigenvalue weighted by atomic mass is 10.2. The number of aromatic nitrogens is 2. The Kier molecular flexibility index (Phi) is 5.74. The van der Waals surface area contributed by atoms with E-state index in [1.54, 1.807) is 24.3 Å². The average molecular weight is 519 g/mol. The number of imidazole rings is 1. The van der Waals surface area contributed by atoms with Crippen LogP contribution in [0.25, 0.3) is 22.4 Å². The summed E-state index contributed by atoms with van der Waals surface area (Å²) in [6, 6.07) is 31.5. The summed E-state index contributed by atoms with van der Waals surface area (Å²) in [6.07, 6.45) is 0. The van der Waals surface area contributed by atoms with Crippen LogP contribution in [0.2, 0.25) is 0 Å². The van der Waals surface area contributed by atoms with Gasteiger partial charge in [-0.15, -0.1) is 0 Å². The Morgan fingerprint density at radius 3 is 2.18 bits per heavy atom. The highest BCUT2D eigenvalue weighted by molar-refractivity contribution is 9.10. The Morgan fingerprint density at radius 1 is 0.788 bits per heavy atom. The third kappa shape index (κ3) is 4.55. The fourth-order valence-corrected chi connectivity index (χ4v) is 4.85. The molecule has 0 N–H and O–H groups in total. The lowest BCUT2D eigenvalue weighted by Crippen LogP contribution is -2.09. The van der Waals surface area contributed by atoms with E-state index in [1.165, 1.54) is 17.7 Å². The van der Waals surface area contributed by atoms with Gasteiger partial charge in [0.15, 0.2) is 0 Å². The smallest absolute Gasteiger partial charge is 0.339 e. The summed E-state index contributed by atoms with van der Waals surface area (Å²) in [5, 5.41) is 0. The number of halogens is 1. The van der Waals surface area contributed by atoms with Crippen molar-refractivity contribution in [3.63, 3.8) is 0 Å². The van der Waals surface area contributed by atoms with Crippen molar-refractivity contribution < 1.29 is 12.6 Å². The maximum absolute atomic E-state index is 12.6. The number of fused-ring (bicyclic) bond motifs is 1. The van der Waals surface area contributed by atoms with Crippen molar-refractivity contribution >= 4 is 37.1 Å². The highest BCUT2D eigenvalue weighted by Crippen LogP contribution is 2.28. The van der Waals surface area contributed by atoms with Crippen molar-refractivity contribution in [3.05, 3.63) is 113 Å². The quantitative estimate of drug-likeness (QED) is 0.248. The van der Waals surface area contributed by atoms with E-state index in [9.17, 15) is 8.42 Å². The third-order valence-electron chi connectivity index (χ3n) is 5.26. The van der Waals surface area contributed by atoms with E-state index in [2.05, 4.69) is 38.7 Å². The van der Waals surface area contributed by atoms with Gasteiger partial charge in [-0.3, -0.25) is 0 Å². The minimum Gasteiger partial charge on any atom is -0.379 e. The fraction of sp³-hybridized carbons (Fsp3) is 0.0385. The summed E-state index contributed by atoms with van der Waals surface area (Å²) in [5.74, 6) is 1.05. The maximum atomic E-state index is 12.6. The van der Waals surface area contributed by atoms with Crippen molar-refractivity contribution in [1.29, 1.82) is 0 Å². The lowest BCUT2D eigenvalue weighted by Gasteiger charge is -2.11. The van der Waals surface area contributed by atoms with Gasteiger partial charge in [-0.05, 0) is 66.2 Å². The number of rotatable bonds is 6. The van der Waals surface area contributed by atoms with E-state index < -0.39 is 10.1 Å². The van der Waals surface area contributed by atoms with E-state index in [4.69, 9.17) is 9.17 Å². The van der Waals surface area contributed by atoms with Gasteiger partial charge in [0.25, 0.3) is 0 Å². The summed E-state index contributed by atoms with van der Waals surface area (Å²) < 4.78 is 33.5. The molecule has 0 radical (unpaired) electrons. The molecule has 0 atom stereocenters. The first-order valence-electron chi connectivity index (χ1n) is 10.3. The number of nitrogens with zero attached hydrogens (tertiary/aromatic N) is 2. The highest BCUT2D eigenvalue weighted by atomic mass is 79.9. The molecule has 5 aromatic rings. The molecular weight excluding hydrogens is 500 g/mol. The van der Waals surface area contributed by atoms with Gasteiger partial charge >= 0.3 is 10.1 Å². The van der Waals surface area contributed by atoms with E-state index in [0.717, 1.165) is 26.9 Å². The molecule has 0 fully saturated rings. The van der Waals surface area contributed by atoms with Gasteiger partial charge in [0, 0.05) is 16.6 Å². The van der Waals surface area contributed by atoms with Crippen LogP contribution in [0, 0.1) is 0 Å². The number of para-hydroxylation sites is 2. The van der Waals surface area contributed by atoms with E-state index in [0.29, 0.717) is 6.54 Å². The summed E-state index contributed by atoms with van der Waals surface area (Å²) in [7, 11) is -3.92. The second kappa shape index (κ2) is 8.84. The molecule has 5 rings (SSSR count). The first-order valence-corrected chi connectivity index (χ1v) is 12.5. The average Bonchev–Trinajstić information content (AvgIpc) is 3.19. The molecule has 0 bridgehead atoms. The van der Waals surface area contributed by atoms with Crippen molar-refractivity contribution in [2.45, 2.75) is 11.4 Å². The van der Waals surface area contributed by atoms with Crippen LogP contribution in [0.1, 0.15) is 5.56 Å². The predicted octanol–water partition coefficient (Wildman–Crippen LogP) is 6.28. The number of hydrogen-bond donors (Lipinski definition) is 0. The Balaban J connectivity index is 1.47. The van der Waals surface area contributed by atoms with E-state index in [1.807, 2.05) is 48.5 Å². The van der Waals surface area contributed by atoms with Gasteiger partial charge in [-0.2, -0.15) is 8.42 Å². The van der Waals surface area contributed by atoms with Crippen LogP contribution in [0.15, 0.2) is 112 Å². The van der Waals surface area contributed by atoms with Gasteiger partial charge in [-0.1, -0.05) is 58.4 Å². The van der Waals surface area contributed by atoms with Crippen molar-refractivity contribution in [2.24, 2.45) is 0 Å². The largest absolute Gasteiger partial charge is 0.379 e. The molecule has 0 aliphatic carbocycles. The molecule has 7 heteroatoms. The molecule has 0 saturated heterocycles. The number of benzene rings is 4. The predicted molar refractivity (Wildman–Crippen MR) is 133 cm³/mol. The Hall–Kier alpha value is -3.42. The zero-order valence-corrected chi connectivity index (χ0v) is 19.8. The van der Waals surface area contributed by atoms with Crippen molar-refractivity contribution in [1.82, 2.24) is 9.55 Å². The topological polar surface area (TPSA) is 61.2 Å². The molecular formula is C26H19BrN2O3S. The normalized spacial score (nSPS) is 11.5. The Morgan fingerprint density at radius 2 is 1.45 bits per heavy atom. The zero-order valence-electron chi connectivity index (χ0n) is 17.4. The van der Waals surface area contributed by atoms with Crippen LogP contribution in [-0.2, 0) is 16.7 Å². The number of hydrogen-bond acceptors (Lipinski definition) is 4. The standard InChI is InChI=1S/C26H19BrN2O3S/c27-21-12-16-23(17-13-21)33(30,31)32-22-14-10-20(11-15-22)26-28-24-8-4-5-9-25(24)29(26)18-19-6-2-1-3-7-19/h1-17H,18H2. The van der Waals surface area contributed by atoms with Crippen molar-refractivity contribution in [3.8, 4) is 17.1 Å². The van der Waals surface area contributed by atoms with Crippen LogP contribution in [0.4, 0.5) is 0 Å². The van der Waals surface area contributed by atoms with Gasteiger partial charge in [0.2, 0.25) is 0 Å². The van der Waals surface area contributed by atoms with Crippen LogP contribution < -0.4 is 4.18 Å².